The highest BCUT2D eigenvalue weighted by Crippen LogP contribution is 2.34. The zero-order valence-corrected chi connectivity index (χ0v) is 15.6. The zero-order chi connectivity index (χ0) is 20.2. The minimum absolute atomic E-state index is 0.217. The number of aldehydes is 1. The van der Waals surface area contributed by atoms with Gasteiger partial charge in [-0.25, -0.2) is 8.42 Å². The molecule has 0 saturated heterocycles. The number of carbonyl (C=O) groups excluding carboxylic acids is 1. The normalized spacial score (nSPS) is 13.4. The van der Waals surface area contributed by atoms with Gasteiger partial charge in [0.1, 0.15) is 23.3 Å². The summed E-state index contributed by atoms with van der Waals surface area (Å²) in [5.41, 5.74) is -2.11. The molecule has 1 N–H and O–H groups in total. The molecule has 27 heavy (non-hydrogen) atoms. The van der Waals surface area contributed by atoms with Crippen LogP contribution in [0, 0.1) is 10.1 Å². The summed E-state index contributed by atoms with van der Waals surface area (Å²) in [6, 6.07) is 9.39. The van der Waals surface area contributed by atoms with Crippen molar-refractivity contribution in [1.82, 2.24) is 4.72 Å². The number of sulfonamides is 1. The van der Waals surface area contributed by atoms with E-state index in [1.54, 1.807) is 6.07 Å². The number of methoxy groups -OCH3 is 2. The number of para-hydroxylation sites is 1. The van der Waals surface area contributed by atoms with E-state index in [0.717, 1.165) is 12.1 Å². The molecule has 0 bridgehead atoms. The van der Waals surface area contributed by atoms with Crippen molar-refractivity contribution in [3.63, 3.8) is 0 Å². The molecule has 0 aliphatic heterocycles. The van der Waals surface area contributed by atoms with Crippen molar-refractivity contribution in [2.45, 2.75) is 17.4 Å². The van der Waals surface area contributed by atoms with Crippen molar-refractivity contribution in [3.05, 3.63) is 58.1 Å². The molecule has 0 fully saturated rings. The average molecular weight is 394 g/mol. The lowest BCUT2D eigenvalue weighted by Gasteiger charge is -2.27. The molecule has 10 heteroatoms. The molecule has 2 rings (SSSR count). The Hall–Kier alpha value is -2.98. The van der Waals surface area contributed by atoms with Gasteiger partial charge in [-0.15, -0.1) is 0 Å². The Kier molecular flexibility index (Phi) is 5.82. The van der Waals surface area contributed by atoms with E-state index in [-0.39, 0.29) is 11.3 Å². The average Bonchev–Trinajstić information content (AvgIpc) is 2.66. The second-order valence-electron chi connectivity index (χ2n) is 5.72. The third-order valence-corrected chi connectivity index (χ3v) is 5.52. The number of nitrogens with one attached hydrogen (secondary N) is 1. The van der Waals surface area contributed by atoms with Crippen LogP contribution in [0.5, 0.6) is 11.5 Å². The molecule has 0 saturated carbocycles. The van der Waals surface area contributed by atoms with Crippen molar-refractivity contribution in [2.75, 3.05) is 14.2 Å². The Morgan fingerprint density at radius 3 is 2.37 bits per heavy atom. The highest BCUT2D eigenvalue weighted by molar-refractivity contribution is 7.89. The number of ether oxygens (including phenoxy) is 2. The van der Waals surface area contributed by atoms with Gasteiger partial charge in [0, 0.05) is 17.7 Å². The predicted octanol–water partition coefficient (Wildman–Crippen LogP) is 2.00. The van der Waals surface area contributed by atoms with Crippen LogP contribution in [0.25, 0.3) is 0 Å². The van der Waals surface area contributed by atoms with Crippen LogP contribution in [-0.4, -0.2) is 33.8 Å². The van der Waals surface area contributed by atoms with Crippen molar-refractivity contribution in [2.24, 2.45) is 0 Å². The van der Waals surface area contributed by atoms with Crippen LogP contribution < -0.4 is 14.2 Å². The smallest absolute Gasteiger partial charge is 0.289 e. The molecular formula is C17H18N2O7S. The third-order valence-electron chi connectivity index (χ3n) is 3.90. The standard InChI is InChI=1S/C17H18N2O7S/c1-17(11-20,13-9-8-12(25-2)10-15(13)26-3)18-27(23,24)16-7-5-4-6-14(16)19(21)22/h4-11,18H,1-3H3. The summed E-state index contributed by atoms with van der Waals surface area (Å²) in [4.78, 5) is 21.6. The summed E-state index contributed by atoms with van der Waals surface area (Å²) in [7, 11) is -1.59. The molecule has 0 aromatic heterocycles. The van der Waals surface area contributed by atoms with E-state index in [0.29, 0.717) is 12.0 Å². The molecule has 0 radical (unpaired) electrons. The van der Waals surface area contributed by atoms with Crippen LogP contribution >= 0.6 is 0 Å². The first-order valence-corrected chi connectivity index (χ1v) is 9.13. The number of rotatable bonds is 8. The van der Waals surface area contributed by atoms with Crippen LogP contribution in [0.2, 0.25) is 0 Å². The minimum Gasteiger partial charge on any atom is -0.497 e. The number of benzene rings is 2. The second-order valence-corrected chi connectivity index (χ2v) is 7.37. The first-order valence-electron chi connectivity index (χ1n) is 7.64. The van der Waals surface area contributed by atoms with E-state index in [1.165, 1.54) is 45.4 Å². The summed E-state index contributed by atoms with van der Waals surface area (Å²) in [5.74, 6) is 0.666. The maximum Gasteiger partial charge on any atom is 0.289 e. The van der Waals surface area contributed by atoms with Gasteiger partial charge in [-0.1, -0.05) is 12.1 Å². The van der Waals surface area contributed by atoms with Crippen LogP contribution in [0.4, 0.5) is 5.69 Å². The number of nitro groups is 1. The van der Waals surface area contributed by atoms with Crippen molar-refractivity contribution < 1.29 is 27.6 Å². The fourth-order valence-corrected chi connectivity index (χ4v) is 4.04. The Morgan fingerprint density at radius 1 is 1.15 bits per heavy atom. The van der Waals surface area contributed by atoms with E-state index in [2.05, 4.69) is 4.72 Å². The van der Waals surface area contributed by atoms with E-state index in [1.807, 2.05) is 0 Å². The molecule has 9 nitrogen and oxygen atoms in total. The maximum atomic E-state index is 12.8. The Balaban J connectivity index is 2.56. The summed E-state index contributed by atoms with van der Waals surface area (Å²) < 4.78 is 38.1. The number of nitro benzene ring substituents is 1. The highest BCUT2D eigenvalue weighted by atomic mass is 32.2. The molecule has 2 aromatic rings. The highest BCUT2D eigenvalue weighted by Gasteiger charge is 2.37. The molecular weight excluding hydrogens is 376 g/mol. The fourth-order valence-electron chi connectivity index (χ4n) is 2.54. The van der Waals surface area contributed by atoms with E-state index >= 15 is 0 Å². The topological polar surface area (TPSA) is 125 Å². The molecule has 0 amide bonds. The van der Waals surface area contributed by atoms with Crippen LogP contribution in [0.3, 0.4) is 0 Å². The maximum absolute atomic E-state index is 12.8. The van der Waals surface area contributed by atoms with Gasteiger partial charge in [-0.3, -0.25) is 10.1 Å². The van der Waals surface area contributed by atoms with Gasteiger partial charge in [0.15, 0.2) is 4.90 Å². The Bertz CT molecular complexity index is 975. The molecule has 0 spiro atoms. The molecule has 0 aliphatic rings. The molecule has 2 aromatic carbocycles. The summed E-state index contributed by atoms with van der Waals surface area (Å²) in [5, 5.41) is 11.2. The van der Waals surface area contributed by atoms with Crippen molar-refractivity contribution >= 4 is 22.0 Å². The Labute approximate surface area is 156 Å². The number of carbonyl (C=O) groups is 1. The lowest BCUT2D eigenvalue weighted by molar-refractivity contribution is -0.387. The van der Waals surface area contributed by atoms with Crippen molar-refractivity contribution in [3.8, 4) is 11.5 Å². The van der Waals surface area contributed by atoms with E-state index < -0.39 is 31.1 Å². The van der Waals surface area contributed by atoms with E-state index in [9.17, 15) is 23.3 Å². The largest absolute Gasteiger partial charge is 0.497 e. The number of hydrogen-bond donors (Lipinski definition) is 1. The van der Waals surface area contributed by atoms with Gasteiger partial charge in [0.05, 0.1) is 19.1 Å². The third kappa shape index (κ3) is 4.07. The molecule has 144 valence electrons. The summed E-state index contributed by atoms with van der Waals surface area (Å²) >= 11 is 0. The van der Waals surface area contributed by atoms with Crippen LogP contribution in [-0.2, 0) is 20.4 Å². The molecule has 1 atom stereocenters. The van der Waals surface area contributed by atoms with Gasteiger partial charge < -0.3 is 14.3 Å². The number of hydrogen-bond acceptors (Lipinski definition) is 7. The Morgan fingerprint density at radius 2 is 1.81 bits per heavy atom. The van der Waals surface area contributed by atoms with Gasteiger partial charge in [0.25, 0.3) is 5.69 Å². The van der Waals surface area contributed by atoms with E-state index in [4.69, 9.17) is 9.47 Å². The van der Waals surface area contributed by atoms with Crippen molar-refractivity contribution in [1.29, 1.82) is 0 Å². The summed E-state index contributed by atoms with van der Waals surface area (Å²) in [6.07, 6.45) is 0.393. The van der Waals surface area contributed by atoms with Crippen LogP contribution in [0.15, 0.2) is 47.4 Å². The lowest BCUT2D eigenvalue weighted by Crippen LogP contribution is -2.45. The van der Waals surface area contributed by atoms with Gasteiger partial charge >= 0.3 is 0 Å². The zero-order valence-electron chi connectivity index (χ0n) is 14.8. The quantitative estimate of drug-likeness (QED) is 0.412. The lowest BCUT2D eigenvalue weighted by atomic mass is 9.94. The first kappa shape index (κ1) is 20.3. The molecule has 0 aliphatic carbocycles. The van der Waals surface area contributed by atoms with Gasteiger partial charge in [0.2, 0.25) is 10.0 Å². The van der Waals surface area contributed by atoms with Crippen LogP contribution in [0.1, 0.15) is 12.5 Å². The SMILES string of the molecule is COc1ccc(C(C)(C=O)NS(=O)(=O)c2ccccc2[N+](=O)[O-])c(OC)c1. The summed E-state index contributed by atoms with van der Waals surface area (Å²) in [6.45, 7) is 1.33. The predicted molar refractivity (Wildman–Crippen MR) is 96.4 cm³/mol. The molecule has 0 heterocycles. The second kappa shape index (κ2) is 7.72. The number of nitrogens with zero attached hydrogens (tertiary/aromatic N) is 1. The monoisotopic (exact) mass is 394 g/mol. The fraction of sp³-hybridized carbons (Fsp3) is 0.235. The minimum atomic E-state index is -4.40. The van der Waals surface area contributed by atoms with Gasteiger partial charge in [-0.2, -0.15) is 4.72 Å². The first-order chi connectivity index (χ1) is 12.7. The molecule has 1 unspecified atom stereocenters. The van der Waals surface area contributed by atoms with Gasteiger partial charge in [-0.05, 0) is 25.1 Å².